The molecule has 3 heterocycles. The number of nitrogens with one attached hydrogen (secondary N) is 3. The van der Waals surface area contributed by atoms with Crippen molar-refractivity contribution in [2.75, 3.05) is 17.2 Å². The van der Waals surface area contributed by atoms with E-state index in [1.807, 2.05) is 39.0 Å². The van der Waals surface area contributed by atoms with Crippen molar-refractivity contribution in [1.29, 1.82) is 0 Å². The number of carbonyl (C=O) groups excluding carboxylic acids is 1. The maximum Gasteiger partial charge on any atom is 0.266 e. The minimum Gasteiger partial charge on any atom is -0.360 e. The van der Waals surface area contributed by atoms with Crippen molar-refractivity contribution in [3.8, 4) is 0 Å². The SMILES string of the molecule is CCNc1nnc(SCc2nc3sc(C(=O)Nc4ccc(C)cc4C)c(C)c3c(=O)[nH]2)s1. The molecular formula is C21H22N6O2S3. The fourth-order valence-electron chi connectivity index (χ4n) is 3.23. The van der Waals surface area contributed by atoms with Crippen molar-refractivity contribution in [2.24, 2.45) is 0 Å². The van der Waals surface area contributed by atoms with E-state index in [1.165, 1.54) is 34.4 Å². The molecule has 0 atom stereocenters. The number of anilines is 2. The van der Waals surface area contributed by atoms with Crippen molar-refractivity contribution < 1.29 is 4.79 Å². The highest BCUT2D eigenvalue weighted by Gasteiger charge is 2.20. The lowest BCUT2D eigenvalue weighted by molar-refractivity contribution is 0.103. The number of aromatic nitrogens is 4. The van der Waals surface area contributed by atoms with Crippen molar-refractivity contribution in [1.82, 2.24) is 20.2 Å². The van der Waals surface area contributed by atoms with E-state index in [2.05, 4.69) is 30.8 Å². The summed E-state index contributed by atoms with van der Waals surface area (Å²) in [5.74, 6) is 0.750. The zero-order chi connectivity index (χ0) is 22.8. The molecule has 0 spiro atoms. The highest BCUT2D eigenvalue weighted by atomic mass is 32.2. The number of carbonyl (C=O) groups is 1. The number of hydrogen-bond donors (Lipinski definition) is 3. The Bertz CT molecular complexity index is 1360. The molecule has 0 radical (unpaired) electrons. The average molecular weight is 487 g/mol. The van der Waals surface area contributed by atoms with E-state index >= 15 is 0 Å². The number of nitrogens with zero attached hydrogens (tertiary/aromatic N) is 3. The predicted octanol–water partition coefficient (Wildman–Crippen LogP) is 4.74. The molecule has 3 N–H and O–H groups in total. The molecular weight excluding hydrogens is 464 g/mol. The van der Waals surface area contributed by atoms with E-state index < -0.39 is 0 Å². The van der Waals surface area contributed by atoms with Crippen LogP contribution in [0.3, 0.4) is 0 Å². The van der Waals surface area contributed by atoms with E-state index in [1.54, 1.807) is 6.92 Å². The zero-order valence-corrected chi connectivity index (χ0v) is 20.5. The van der Waals surface area contributed by atoms with Crippen molar-refractivity contribution in [3.63, 3.8) is 0 Å². The van der Waals surface area contributed by atoms with E-state index in [-0.39, 0.29) is 11.5 Å². The second kappa shape index (κ2) is 9.39. The minimum absolute atomic E-state index is 0.238. The van der Waals surface area contributed by atoms with Crippen LogP contribution in [0, 0.1) is 20.8 Å². The van der Waals surface area contributed by atoms with Crippen molar-refractivity contribution in [2.45, 2.75) is 37.8 Å². The quantitative estimate of drug-likeness (QED) is 0.323. The maximum atomic E-state index is 12.9. The summed E-state index contributed by atoms with van der Waals surface area (Å²) < 4.78 is 0.791. The third kappa shape index (κ3) is 4.69. The number of thiophene rings is 1. The van der Waals surface area contributed by atoms with Crippen LogP contribution in [0.5, 0.6) is 0 Å². The molecule has 0 aliphatic rings. The average Bonchev–Trinajstić information content (AvgIpc) is 3.33. The first-order valence-corrected chi connectivity index (χ1v) is 12.6. The van der Waals surface area contributed by atoms with E-state index in [4.69, 9.17) is 0 Å². The Labute approximate surface area is 196 Å². The number of H-pyrrole nitrogens is 1. The Balaban J connectivity index is 1.56. The molecule has 32 heavy (non-hydrogen) atoms. The predicted molar refractivity (Wildman–Crippen MR) is 132 cm³/mol. The normalized spacial score (nSPS) is 11.1. The summed E-state index contributed by atoms with van der Waals surface area (Å²) in [5.41, 5.74) is 3.27. The fraction of sp³-hybridized carbons (Fsp3) is 0.286. The van der Waals surface area contributed by atoms with Gasteiger partial charge in [-0.3, -0.25) is 9.59 Å². The number of benzene rings is 1. The molecule has 0 aliphatic heterocycles. The molecule has 0 saturated carbocycles. The van der Waals surface area contributed by atoms with Gasteiger partial charge in [0.05, 0.1) is 16.0 Å². The maximum absolute atomic E-state index is 12.9. The molecule has 0 unspecified atom stereocenters. The fourth-order valence-corrected chi connectivity index (χ4v) is 6.01. The standard InChI is InChI=1S/C21H22N6O2S3/c1-5-22-20-26-27-21(32-20)30-9-14-24-17(28)15-12(4)16(31-19(15)25-14)18(29)23-13-7-6-10(2)8-11(13)3/h6-8H,5,9H2,1-4H3,(H,22,26)(H,23,29)(H,24,25,28). The third-order valence-corrected chi connectivity index (χ3v) is 7.96. The van der Waals surface area contributed by atoms with E-state index in [0.717, 1.165) is 32.8 Å². The number of fused-ring (bicyclic) bond motifs is 1. The van der Waals surface area contributed by atoms with Gasteiger partial charge in [-0.1, -0.05) is 40.8 Å². The van der Waals surface area contributed by atoms with Crippen LogP contribution in [-0.4, -0.2) is 32.6 Å². The van der Waals surface area contributed by atoms with Crippen LogP contribution in [-0.2, 0) is 5.75 Å². The largest absolute Gasteiger partial charge is 0.360 e. The summed E-state index contributed by atoms with van der Waals surface area (Å²) in [7, 11) is 0. The number of thioether (sulfide) groups is 1. The summed E-state index contributed by atoms with van der Waals surface area (Å²) in [6.07, 6.45) is 0. The second-order valence-corrected chi connectivity index (χ2v) is 10.4. The van der Waals surface area contributed by atoms with Gasteiger partial charge in [-0.25, -0.2) is 4.98 Å². The van der Waals surface area contributed by atoms with Crippen LogP contribution in [0.1, 0.15) is 39.1 Å². The Morgan fingerprint density at radius 1 is 1.19 bits per heavy atom. The highest BCUT2D eigenvalue weighted by Crippen LogP contribution is 2.30. The molecule has 0 bridgehead atoms. The summed E-state index contributed by atoms with van der Waals surface area (Å²) in [5, 5.41) is 15.5. The van der Waals surface area contributed by atoms with Gasteiger partial charge in [-0.15, -0.1) is 21.5 Å². The first kappa shape index (κ1) is 22.4. The monoisotopic (exact) mass is 486 g/mol. The number of rotatable bonds is 7. The zero-order valence-electron chi connectivity index (χ0n) is 18.0. The van der Waals surface area contributed by atoms with Gasteiger partial charge in [0, 0.05) is 12.2 Å². The number of hydrogen-bond acceptors (Lipinski definition) is 9. The van der Waals surface area contributed by atoms with Gasteiger partial charge in [0.25, 0.3) is 11.5 Å². The Kier molecular flexibility index (Phi) is 6.58. The molecule has 0 saturated heterocycles. The Morgan fingerprint density at radius 3 is 2.75 bits per heavy atom. The van der Waals surface area contributed by atoms with Gasteiger partial charge in [0.1, 0.15) is 10.7 Å². The molecule has 8 nitrogen and oxygen atoms in total. The second-order valence-electron chi connectivity index (χ2n) is 7.21. The summed E-state index contributed by atoms with van der Waals surface area (Å²) in [6, 6.07) is 5.86. The Morgan fingerprint density at radius 2 is 2.00 bits per heavy atom. The first-order chi connectivity index (χ1) is 15.4. The van der Waals surface area contributed by atoms with Crippen LogP contribution in [0.25, 0.3) is 10.2 Å². The molecule has 0 aliphatic carbocycles. The molecule has 166 valence electrons. The topological polar surface area (TPSA) is 113 Å². The summed E-state index contributed by atoms with van der Waals surface area (Å²) in [4.78, 5) is 34.2. The lowest BCUT2D eigenvalue weighted by Crippen LogP contribution is -2.13. The lowest BCUT2D eigenvalue weighted by Gasteiger charge is -2.08. The number of aromatic amines is 1. The lowest BCUT2D eigenvalue weighted by atomic mass is 10.1. The van der Waals surface area contributed by atoms with Gasteiger partial charge in [0.15, 0.2) is 4.34 Å². The van der Waals surface area contributed by atoms with Gasteiger partial charge in [0.2, 0.25) is 5.13 Å². The van der Waals surface area contributed by atoms with Crippen LogP contribution in [0.4, 0.5) is 10.8 Å². The molecule has 4 aromatic rings. The van der Waals surface area contributed by atoms with Gasteiger partial charge >= 0.3 is 0 Å². The third-order valence-electron chi connectivity index (χ3n) is 4.75. The molecule has 0 fully saturated rings. The summed E-state index contributed by atoms with van der Waals surface area (Å²) >= 11 is 4.15. The van der Waals surface area contributed by atoms with Gasteiger partial charge in [-0.2, -0.15) is 0 Å². The van der Waals surface area contributed by atoms with Crippen LogP contribution < -0.4 is 16.2 Å². The highest BCUT2D eigenvalue weighted by molar-refractivity contribution is 8.00. The molecule has 11 heteroatoms. The molecule has 3 aromatic heterocycles. The molecule has 1 amide bonds. The summed E-state index contributed by atoms with van der Waals surface area (Å²) in [6.45, 7) is 8.52. The van der Waals surface area contributed by atoms with E-state index in [9.17, 15) is 9.59 Å². The molecule has 4 rings (SSSR count). The van der Waals surface area contributed by atoms with E-state index in [0.29, 0.717) is 32.2 Å². The van der Waals surface area contributed by atoms with Gasteiger partial charge in [-0.05, 0) is 44.9 Å². The van der Waals surface area contributed by atoms with Gasteiger partial charge < -0.3 is 15.6 Å². The molecule has 1 aromatic carbocycles. The smallest absolute Gasteiger partial charge is 0.266 e. The minimum atomic E-state index is -0.240. The van der Waals surface area contributed by atoms with Crippen LogP contribution >= 0.6 is 34.4 Å². The first-order valence-electron chi connectivity index (χ1n) is 9.96. The number of aryl methyl sites for hydroxylation is 3. The number of amides is 1. The van der Waals surface area contributed by atoms with Crippen molar-refractivity contribution in [3.05, 3.63) is 55.9 Å². The van der Waals surface area contributed by atoms with Crippen molar-refractivity contribution >= 4 is 61.4 Å². The Hall–Kier alpha value is -2.76. The van der Waals surface area contributed by atoms with Crippen LogP contribution in [0.2, 0.25) is 0 Å². The van der Waals surface area contributed by atoms with Crippen LogP contribution in [0.15, 0.2) is 27.3 Å².